The third-order valence-corrected chi connectivity index (χ3v) is 3.62. The van der Waals surface area contributed by atoms with Gasteiger partial charge in [0.1, 0.15) is 6.10 Å². The van der Waals surface area contributed by atoms with Gasteiger partial charge in [-0.25, -0.2) is 4.79 Å². The minimum absolute atomic E-state index is 0.370. The van der Waals surface area contributed by atoms with Crippen molar-refractivity contribution < 1.29 is 14.6 Å². The predicted octanol–water partition coefficient (Wildman–Crippen LogP) is 2.86. The number of esters is 1. The van der Waals surface area contributed by atoms with Crippen LogP contribution in [-0.4, -0.2) is 22.8 Å². The smallest absolute Gasteiger partial charge is 0.339 e. The molecule has 0 aliphatic carbocycles. The van der Waals surface area contributed by atoms with Gasteiger partial charge in [0.05, 0.1) is 18.4 Å². The standard InChI is InChI=1S/C15H16ClNO3/c1-9-8-12(15(19)20-3)13(17(9)2)14(18)10-4-6-11(16)7-5-10/h4-8,14,18H,1-3H3. The van der Waals surface area contributed by atoms with Gasteiger partial charge in [0.2, 0.25) is 0 Å². The van der Waals surface area contributed by atoms with Crippen LogP contribution < -0.4 is 0 Å². The number of aryl methyl sites for hydroxylation is 1. The van der Waals surface area contributed by atoms with E-state index in [1.165, 1.54) is 7.11 Å². The predicted molar refractivity (Wildman–Crippen MR) is 77.0 cm³/mol. The van der Waals surface area contributed by atoms with E-state index in [1.807, 2.05) is 6.92 Å². The molecule has 1 atom stereocenters. The molecule has 2 aromatic rings. The summed E-state index contributed by atoms with van der Waals surface area (Å²) in [6, 6.07) is 8.58. The van der Waals surface area contributed by atoms with E-state index in [0.717, 1.165) is 5.69 Å². The first-order valence-electron chi connectivity index (χ1n) is 6.13. The maximum atomic E-state index is 11.8. The van der Waals surface area contributed by atoms with Crippen molar-refractivity contribution in [1.29, 1.82) is 0 Å². The van der Waals surface area contributed by atoms with Gasteiger partial charge in [-0.2, -0.15) is 0 Å². The molecular formula is C15H16ClNO3. The van der Waals surface area contributed by atoms with Gasteiger partial charge in [0, 0.05) is 17.8 Å². The van der Waals surface area contributed by atoms with Crippen LogP contribution in [0, 0.1) is 6.92 Å². The number of nitrogens with zero attached hydrogens (tertiary/aromatic N) is 1. The number of ether oxygens (including phenoxy) is 1. The fourth-order valence-electron chi connectivity index (χ4n) is 2.16. The van der Waals surface area contributed by atoms with E-state index in [4.69, 9.17) is 16.3 Å². The van der Waals surface area contributed by atoms with E-state index in [-0.39, 0.29) is 0 Å². The molecule has 1 unspecified atom stereocenters. The number of hydrogen-bond acceptors (Lipinski definition) is 3. The number of methoxy groups -OCH3 is 1. The third kappa shape index (κ3) is 2.57. The number of aromatic nitrogens is 1. The van der Waals surface area contributed by atoms with Gasteiger partial charge >= 0.3 is 5.97 Å². The fraction of sp³-hybridized carbons (Fsp3) is 0.267. The van der Waals surface area contributed by atoms with Gasteiger partial charge in [0.25, 0.3) is 0 Å². The van der Waals surface area contributed by atoms with Crippen molar-refractivity contribution in [2.45, 2.75) is 13.0 Å². The molecule has 1 N–H and O–H groups in total. The monoisotopic (exact) mass is 293 g/mol. The average Bonchev–Trinajstić information content (AvgIpc) is 2.74. The Labute approximate surface area is 122 Å². The van der Waals surface area contributed by atoms with Crippen LogP contribution in [0.25, 0.3) is 0 Å². The third-order valence-electron chi connectivity index (χ3n) is 3.37. The van der Waals surface area contributed by atoms with Crippen LogP contribution in [-0.2, 0) is 11.8 Å². The molecule has 2 rings (SSSR count). The SMILES string of the molecule is COC(=O)c1cc(C)n(C)c1C(O)c1ccc(Cl)cc1. The van der Waals surface area contributed by atoms with E-state index >= 15 is 0 Å². The second-order valence-corrected chi connectivity index (χ2v) is 5.03. The van der Waals surface area contributed by atoms with E-state index in [2.05, 4.69) is 0 Å². The van der Waals surface area contributed by atoms with E-state index < -0.39 is 12.1 Å². The van der Waals surface area contributed by atoms with Gasteiger partial charge in [0.15, 0.2) is 0 Å². The molecule has 0 bridgehead atoms. The number of aliphatic hydroxyl groups is 1. The number of carbonyl (C=O) groups is 1. The maximum Gasteiger partial charge on any atom is 0.339 e. The lowest BCUT2D eigenvalue weighted by Gasteiger charge is -2.15. The molecule has 1 heterocycles. The summed E-state index contributed by atoms with van der Waals surface area (Å²) >= 11 is 5.84. The number of hydrogen-bond donors (Lipinski definition) is 1. The minimum Gasteiger partial charge on any atom is -0.465 e. The first-order valence-corrected chi connectivity index (χ1v) is 6.51. The van der Waals surface area contributed by atoms with Gasteiger partial charge < -0.3 is 14.4 Å². The van der Waals surface area contributed by atoms with E-state index in [9.17, 15) is 9.90 Å². The Balaban J connectivity index is 2.50. The lowest BCUT2D eigenvalue weighted by molar-refractivity contribution is 0.0594. The molecule has 20 heavy (non-hydrogen) atoms. The van der Waals surface area contributed by atoms with Gasteiger partial charge in [-0.1, -0.05) is 23.7 Å². The molecule has 106 valence electrons. The molecule has 0 fully saturated rings. The summed E-state index contributed by atoms with van der Waals surface area (Å²) in [7, 11) is 3.12. The van der Waals surface area contributed by atoms with Crippen molar-refractivity contribution in [3.63, 3.8) is 0 Å². The van der Waals surface area contributed by atoms with Crippen LogP contribution in [0.2, 0.25) is 5.02 Å². The maximum absolute atomic E-state index is 11.8. The largest absolute Gasteiger partial charge is 0.465 e. The molecule has 0 spiro atoms. The highest BCUT2D eigenvalue weighted by molar-refractivity contribution is 6.30. The molecule has 1 aromatic carbocycles. The molecule has 0 saturated heterocycles. The summed E-state index contributed by atoms with van der Waals surface area (Å²) in [5.74, 6) is -0.461. The second kappa shape index (κ2) is 5.69. The molecule has 0 aliphatic heterocycles. The Hall–Kier alpha value is -1.78. The lowest BCUT2D eigenvalue weighted by Crippen LogP contribution is -2.12. The topological polar surface area (TPSA) is 51.5 Å². The van der Waals surface area contributed by atoms with E-state index in [1.54, 1.807) is 41.9 Å². The van der Waals surface area contributed by atoms with Gasteiger partial charge in [-0.05, 0) is 30.7 Å². The van der Waals surface area contributed by atoms with E-state index in [0.29, 0.717) is 21.8 Å². The quantitative estimate of drug-likeness (QED) is 0.885. The fourth-order valence-corrected chi connectivity index (χ4v) is 2.28. The molecule has 0 amide bonds. The summed E-state index contributed by atoms with van der Waals surface area (Å²) in [5, 5.41) is 11.1. The van der Waals surface area contributed by atoms with Crippen LogP contribution in [0.1, 0.15) is 33.4 Å². The van der Waals surface area contributed by atoms with Crippen molar-refractivity contribution in [2.24, 2.45) is 7.05 Å². The molecule has 0 aliphatic rings. The van der Waals surface area contributed by atoms with Crippen molar-refractivity contribution >= 4 is 17.6 Å². The summed E-state index contributed by atoms with van der Waals surface area (Å²) in [6.45, 7) is 1.87. The number of halogens is 1. The van der Waals surface area contributed by atoms with Crippen LogP contribution in [0.15, 0.2) is 30.3 Å². The number of rotatable bonds is 3. The van der Waals surface area contributed by atoms with Crippen molar-refractivity contribution in [3.05, 3.63) is 57.9 Å². The van der Waals surface area contributed by atoms with Gasteiger partial charge in [-0.3, -0.25) is 0 Å². The van der Waals surface area contributed by atoms with Crippen LogP contribution in [0.4, 0.5) is 0 Å². The Morgan fingerprint density at radius 3 is 2.50 bits per heavy atom. The molecular weight excluding hydrogens is 278 g/mol. The van der Waals surface area contributed by atoms with Crippen LogP contribution in [0.3, 0.4) is 0 Å². The molecule has 0 saturated carbocycles. The molecule has 0 radical (unpaired) electrons. The first kappa shape index (κ1) is 14.6. The summed E-state index contributed by atoms with van der Waals surface area (Å²) < 4.78 is 6.55. The Morgan fingerprint density at radius 1 is 1.35 bits per heavy atom. The second-order valence-electron chi connectivity index (χ2n) is 4.59. The highest BCUT2D eigenvalue weighted by Crippen LogP contribution is 2.28. The zero-order valence-electron chi connectivity index (χ0n) is 11.6. The first-order chi connectivity index (χ1) is 9.45. The van der Waals surface area contributed by atoms with Crippen LogP contribution in [0.5, 0.6) is 0 Å². The zero-order valence-corrected chi connectivity index (χ0v) is 12.3. The highest BCUT2D eigenvalue weighted by Gasteiger charge is 2.24. The lowest BCUT2D eigenvalue weighted by atomic mass is 10.0. The number of benzene rings is 1. The summed E-state index contributed by atoms with van der Waals surface area (Å²) in [6.07, 6.45) is -0.917. The zero-order chi connectivity index (χ0) is 14.9. The normalized spacial score (nSPS) is 12.2. The Kier molecular flexibility index (Phi) is 4.16. The van der Waals surface area contributed by atoms with Crippen molar-refractivity contribution in [1.82, 2.24) is 4.57 Å². The van der Waals surface area contributed by atoms with Gasteiger partial charge in [-0.15, -0.1) is 0 Å². The summed E-state index contributed by atoms with van der Waals surface area (Å²) in [4.78, 5) is 11.8. The molecule has 5 heteroatoms. The van der Waals surface area contributed by atoms with Crippen LogP contribution >= 0.6 is 11.6 Å². The van der Waals surface area contributed by atoms with Crippen molar-refractivity contribution in [2.75, 3.05) is 7.11 Å². The number of carbonyl (C=O) groups excluding carboxylic acids is 1. The molecule has 4 nitrogen and oxygen atoms in total. The summed E-state index contributed by atoms with van der Waals surface area (Å²) in [5.41, 5.74) is 2.42. The Bertz CT molecular complexity index is 631. The number of aliphatic hydroxyl groups excluding tert-OH is 1. The Morgan fingerprint density at radius 2 is 1.95 bits per heavy atom. The molecule has 1 aromatic heterocycles. The average molecular weight is 294 g/mol. The highest BCUT2D eigenvalue weighted by atomic mass is 35.5. The minimum atomic E-state index is -0.917. The van der Waals surface area contributed by atoms with Crippen molar-refractivity contribution in [3.8, 4) is 0 Å².